The quantitative estimate of drug-likeness (QED) is 0.869. The van der Waals surface area contributed by atoms with Crippen LogP contribution in [0.25, 0.3) is 0 Å². The summed E-state index contributed by atoms with van der Waals surface area (Å²) in [6.45, 7) is 3.06. The molecule has 2 rings (SSSR count). The summed E-state index contributed by atoms with van der Waals surface area (Å²) < 4.78 is 23.9. The van der Waals surface area contributed by atoms with Gasteiger partial charge in [0.05, 0.1) is 19.2 Å². The van der Waals surface area contributed by atoms with Crippen LogP contribution in [-0.2, 0) is 9.53 Å². The Morgan fingerprint density at radius 3 is 2.77 bits per heavy atom. The van der Waals surface area contributed by atoms with Gasteiger partial charge in [-0.05, 0) is 43.9 Å². The van der Waals surface area contributed by atoms with Gasteiger partial charge in [0.1, 0.15) is 11.6 Å². The first-order valence-corrected chi connectivity index (χ1v) is 7.50. The zero-order valence-corrected chi connectivity index (χ0v) is 13.0. The van der Waals surface area contributed by atoms with E-state index >= 15 is 0 Å². The predicted octanol–water partition coefficient (Wildman–Crippen LogP) is 1.77. The Labute approximate surface area is 130 Å². The van der Waals surface area contributed by atoms with Crippen molar-refractivity contribution in [2.45, 2.75) is 31.8 Å². The fourth-order valence-corrected chi connectivity index (χ4v) is 2.72. The number of carbonyl (C=O) groups is 1. The van der Waals surface area contributed by atoms with Gasteiger partial charge in [0, 0.05) is 18.8 Å². The molecule has 2 atom stereocenters. The summed E-state index contributed by atoms with van der Waals surface area (Å²) in [4.78, 5) is 12.3. The lowest BCUT2D eigenvalue weighted by Gasteiger charge is -2.28. The van der Waals surface area contributed by atoms with E-state index in [4.69, 9.17) is 15.2 Å². The lowest BCUT2D eigenvalue weighted by molar-refractivity contribution is -0.125. The van der Waals surface area contributed by atoms with Gasteiger partial charge in [-0.25, -0.2) is 4.39 Å². The first kappa shape index (κ1) is 16.7. The summed E-state index contributed by atoms with van der Waals surface area (Å²) in [6.07, 6.45) is 1.57. The molecule has 0 radical (unpaired) electrons. The van der Waals surface area contributed by atoms with Crippen molar-refractivity contribution in [3.05, 3.63) is 29.6 Å². The molecule has 0 aromatic heterocycles. The maximum absolute atomic E-state index is 13.4. The molecule has 1 aliphatic heterocycles. The average molecular weight is 310 g/mol. The van der Waals surface area contributed by atoms with Crippen LogP contribution in [0.2, 0.25) is 0 Å². The minimum Gasteiger partial charge on any atom is -0.496 e. The molecule has 6 heteroatoms. The molecule has 0 bridgehead atoms. The van der Waals surface area contributed by atoms with Crippen LogP contribution in [0.3, 0.4) is 0 Å². The highest BCUT2D eigenvalue weighted by Crippen LogP contribution is 2.26. The number of hydrogen-bond acceptors (Lipinski definition) is 4. The number of hydrogen-bond donors (Lipinski definition) is 2. The molecular formula is C16H23FN2O3. The van der Waals surface area contributed by atoms with E-state index in [-0.39, 0.29) is 23.7 Å². The van der Waals surface area contributed by atoms with E-state index in [0.717, 1.165) is 12.8 Å². The van der Waals surface area contributed by atoms with Gasteiger partial charge in [0.15, 0.2) is 0 Å². The van der Waals surface area contributed by atoms with Gasteiger partial charge >= 0.3 is 0 Å². The van der Waals surface area contributed by atoms with E-state index < -0.39 is 6.04 Å². The van der Waals surface area contributed by atoms with Crippen LogP contribution in [-0.4, -0.2) is 32.3 Å². The van der Waals surface area contributed by atoms with Gasteiger partial charge in [0.25, 0.3) is 0 Å². The normalized spacial score (nSPS) is 18.5. The smallest absolute Gasteiger partial charge is 0.237 e. The number of rotatable bonds is 5. The van der Waals surface area contributed by atoms with Gasteiger partial charge < -0.3 is 20.5 Å². The molecule has 1 aromatic carbocycles. The van der Waals surface area contributed by atoms with Crippen molar-refractivity contribution in [2.24, 2.45) is 11.7 Å². The molecule has 1 fully saturated rings. The fraction of sp³-hybridized carbons (Fsp3) is 0.562. The van der Waals surface area contributed by atoms with Crippen LogP contribution in [0.5, 0.6) is 5.75 Å². The predicted molar refractivity (Wildman–Crippen MR) is 81.0 cm³/mol. The minimum atomic E-state index is -0.578. The highest BCUT2D eigenvalue weighted by atomic mass is 19.1. The molecule has 2 unspecified atom stereocenters. The molecule has 0 saturated carbocycles. The first-order valence-electron chi connectivity index (χ1n) is 7.50. The summed E-state index contributed by atoms with van der Waals surface area (Å²) in [5.74, 6) is 0.0560. The number of nitrogens with one attached hydrogen (secondary N) is 1. The number of amides is 1. The van der Waals surface area contributed by atoms with E-state index in [9.17, 15) is 9.18 Å². The number of ether oxygens (including phenoxy) is 2. The van der Waals surface area contributed by atoms with E-state index in [1.807, 2.05) is 0 Å². The summed E-state index contributed by atoms with van der Waals surface area (Å²) in [5, 5.41) is 2.84. The van der Waals surface area contributed by atoms with Crippen LogP contribution in [0.1, 0.15) is 31.4 Å². The first-order chi connectivity index (χ1) is 10.5. The molecule has 0 spiro atoms. The Morgan fingerprint density at radius 1 is 1.45 bits per heavy atom. The Hall–Kier alpha value is -1.66. The van der Waals surface area contributed by atoms with Crippen molar-refractivity contribution in [3.8, 4) is 5.75 Å². The lowest BCUT2D eigenvalue weighted by atomic mass is 9.91. The summed E-state index contributed by atoms with van der Waals surface area (Å²) >= 11 is 0. The largest absolute Gasteiger partial charge is 0.496 e. The second-order valence-corrected chi connectivity index (χ2v) is 5.59. The third-order valence-corrected chi connectivity index (χ3v) is 4.09. The van der Waals surface area contributed by atoms with Crippen molar-refractivity contribution in [3.63, 3.8) is 0 Å². The molecule has 1 aromatic rings. The second-order valence-electron chi connectivity index (χ2n) is 5.59. The van der Waals surface area contributed by atoms with Gasteiger partial charge in [-0.3, -0.25) is 4.79 Å². The molecule has 0 aliphatic carbocycles. The van der Waals surface area contributed by atoms with Crippen LogP contribution in [0.4, 0.5) is 4.39 Å². The van der Waals surface area contributed by atoms with Crippen molar-refractivity contribution < 1.29 is 18.7 Å². The molecule has 1 aliphatic rings. The zero-order valence-electron chi connectivity index (χ0n) is 13.0. The maximum Gasteiger partial charge on any atom is 0.237 e. The lowest BCUT2D eigenvalue weighted by Crippen LogP contribution is -2.47. The van der Waals surface area contributed by atoms with Crippen molar-refractivity contribution >= 4 is 5.91 Å². The Balaban J connectivity index is 2.02. The van der Waals surface area contributed by atoms with Gasteiger partial charge in [0.2, 0.25) is 5.91 Å². The van der Waals surface area contributed by atoms with Crippen molar-refractivity contribution in [2.75, 3.05) is 20.3 Å². The summed E-state index contributed by atoms with van der Waals surface area (Å²) in [6, 6.07) is 3.27. The maximum atomic E-state index is 13.4. The van der Waals surface area contributed by atoms with Crippen LogP contribution in [0.15, 0.2) is 18.2 Å². The average Bonchev–Trinajstić information content (AvgIpc) is 2.54. The van der Waals surface area contributed by atoms with Crippen molar-refractivity contribution in [1.82, 2.24) is 5.32 Å². The number of benzene rings is 1. The van der Waals surface area contributed by atoms with E-state index in [1.54, 1.807) is 13.0 Å². The van der Waals surface area contributed by atoms with Crippen molar-refractivity contribution in [1.29, 1.82) is 0 Å². The molecule has 3 N–H and O–H groups in total. The topological polar surface area (TPSA) is 73.6 Å². The summed E-state index contributed by atoms with van der Waals surface area (Å²) in [7, 11) is 1.51. The molecule has 1 saturated heterocycles. The Bertz CT molecular complexity index is 518. The molecule has 122 valence electrons. The number of methoxy groups -OCH3 is 1. The standard InChI is InChI=1S/C16H23FN2O3/c1-10(13-9-12(17)3-4-14(13)21-2)19-16(20)15(18)11-5-7-22-8-6-11/h3-4,9-11,15H,5-8,18H2,1-2H3,(H,19,20). The minimum absolute atomic E-state index is 0.121. The monoisotopic (exact) mass is 310 g/mol. The van der Waals surface area contributed by atoms with Gasteiger partial charge in [-0.15, -0.1) is 0 Å². The Morgan fingerprint density at radius 2 is 2.14 bits per heavy atom. The number of nitrogens with two attached hydrogens (primary N) is 1. The van der Waals surface area contributed by atoms with E-state index in [1.165, 1.54) is 19.2 Å². The number of halogens is 1. The molecule has 1 heterocycles. The van der Waals surface area contributed by atoms with Crippen LogP contribution >= 0.6 is 0 Å². The highest BCUT2D eigenvalue weighted by molar-refractivity contribution is 5.82. The third kappa shape index (κ3) is 3.96. The van der Waals surface area contributed by atoms with E-state index in [2.05, 4.69) is 5.32 Å². The second kappa shape index (κ2) is 7.56. The molecule has 5 nitrogen and oxygen atoms in total. The van der Waals surface area contributed by atoms with Gasteiger partial charge in [-0.2, -0.15) is 0 Å². The van der Waals surface area contributed by atoms with Crippen LogP contribution in [0, 0.1) is 11.7 Å². The van der Waals surface area contributed by atoms with E-state index in [0.29, 0.717) is 24.5 Å². The fourth-order valence-electron chi connectivity index (χ4n) is 2.72. The molecular weight excluding hydrogens is 287 g/mol. The highest BCUT2D eigenvalue weighted by Gasteiger charge is 2.28. The zero-order chi connectivity index (χ0) is 16.1. The van der Waals surface area contributed by atoms with Gasteiger partial charge in [-0.1, -0.05) is 0 Å². The molecule has 1 amide bonds. The number of carbonyl (C=O) groups excluding carboxylic acids is 1. The SMILES string of the molecule is COc1ccc(F)cc1C(C)NC(=O)C(N)C1CCOCC1. The summed E-state index contributed by atoms with van der Waals surface area (Å²) in [5.41, 5.74) is 6.64. The Kier molecular flexibility index (Phi) is 5.74. The molecule has 22 heavy (non-hydrogen) atoms. The van der Waals surface area contributed by atoms with Crippen LogP contribution < -0.4 is 15.8 Å². The third-order valence-electron chi connectivity index (χ3n) is 4.09.